The molecule has 2 N–H and O–H groups in total. The maximum absolute atomic E-state index is 12.5. The molecule has 0 spiro atoms. The van der Waals surface area contributed by atoms with Crippen LogP contribution in [-0.2, 0) is 14.3 Å². The van der Waals surface area contributed by atoms with Crippen LogP contribution in [0.3, 0.4) is 0 Å². The number of nitrogens with zero attached hydrogens (tertiary/aromatic N) is 1. The van der Waals surface area contributed by atoms with E-state index >= 15 is 0 Å². The average molecular weight is 473 g/mol. The first kappa shape index (κ1) is 23.0. The number of hydrogen-bond donors (Lipinski definition) is 2. The van der Waals surface area contributed by atoms with Crippen LogP contribution in [0.2, 0.25) is 0 Å². The van der Waals surface area contributed by atoms with Crippen LogP contribution in [0.1, 0.15) is 42.7 Å². The molecule has 35 heavy (non-hydrogen) atoms. The number of alkyl carbamates (subject to hydrolysis) is 1. The standard InChI is InChI=1S/C28H28N2O5/c31-25(30-16-19-8-5-6-14-28(19,18-30)26(32)33)13-7-15-29-27(34)35-17-24-22-11-3-1-9-20(22)21-10-2-4-12-23(21)24/h1-4,9-12,19,24H,5-6,8,14-18H2,(H,29,34)(H,32,33). The molecule has 5 rings (SSSR count). The van der Waals surface area contributed by atoms with Crippen LogP contribution in [0.5, 0.6) is 0 Å². The minimum Gasteiger partial charge on any atom is -0.481 e. The van der Waals surface area contributed by atoms with Crippen molar-refractivity contribution in [3.8, 4) is 23.0 Å². The third kappa shape index (κ3) is 4.25. The van der Waals surface area contributed by atoms with Gasteiger partial charge in [-0.3, -0.25) is 9.59 Å². The first-order chi connectivity index (χ1) is 17.0. The van der Waals surface area contributed by atoms with Gasteiger partial charge in [0.2, 0.25) is 0 Å². The smallest absolute Gasteiger partial charge is 0.407 e. The summed E-state index contributed by atoms with van der Waals surface area (Å²) in [5, 5.41) is 12.4. The van der Waals surface area contributed by atoms with E-state index in [9.17, 15) is 19.5 Å². The number of amides is 2. The van der Waals surface area contributed by atoms with Crippen molar-refractivity contribution in [2.45, 2.75) is 31.6 Å². The van der Waals surface area contributed by atoms with Gasteiger partial charge >= 0.3 is 12.1 Å². The Hall–Kier alpha value is -3.79. The zero-order valence-corrected chi connectivity index (χ0v) is 19.5. The van der Waals surface area contributed by atoms with Gasteiger partial charge in [0, 0.05) is 19.0 Å². The molecule has 0 aromatic heterocycles. The SMILES string of the molecule is O=C(NCC#CC(=O)N1CC2CCCCC2(C(=O)O)C1)OCC1c2ccccc2-c2ccccc21. The largest absolute Gasteiger partial charge is 0.481 e. The minimum absolute atomic E-state index is 0.0153. The molecule has 2 fully saturated rings. The second-order valence-corrected chi connectivity index (χ2v) is 9.57. The summed E-state index contributed by atoms with van der Waals surface area (Å²) in [7, 11) is 0. The monoisotopic (exact) mass is 472 g/mol. The Balaban J connectivity index is 1.13. The fourth-order valence-corrected chi connectivity index (χ4v) is 5.93. The second-order valence-electron chi connectivity index (χ2n) is 9.57. The number of aliphatic carboxylic acids is 1. The van der Waals surface area contributed by atoms with E-state index in [2.05, 4.69) is 41.4 Å². The lowest BCUT2D eigenvalue weighted by atomic mass is 9.68. The number of nitrogens with one attached hydrogen (secondary N) is 1. The number of carbonyl (C=O) groups is 3. The molecule has 1 saturated heterocycles. The molecule has 2 aromatic rings. The van der Waals surface area contributed by atoms with Crippen molar-refractivity contribution >= 4 is 18.0 Å². The first-order valence-electron chi connectivity index (χ1n) is 12.1. The molecule has 1 saturated carbocycles. The highest BCUT2D eigenvalue weighted by Gasteiger charge is 2.54. The Kier molecular flexibility index (Phi) is 6.21. The number of ether oxygens (including phenoxy) is 1. The lowest BCUT2D eigenvalue weighted by Gasteiger charge is -2.33. The molecule has 7 nitrogen and oxygen atoms in total. The Bertz CT molecular complexity index is 1180. The van der Waals surface area contributed by atoms with Crippen LogP contribution in [-0.4, -0.2) is 54.2 Å². The van der Waals surface area contributed by atoms with Gasteiger partial charge in [0.05, 0.1) is 12.0 Å². The molecule has 180 valence electrons. The molecule has 2 atom stereocenters. The number of fused-ring (bicyclic) bond motifs is 4. The molecule has 1 heterocycles. The van der Waals surface area contributed by atoms with E-state index in [0.29, 0.717) is 13.0 Å². The zero-order chi connectivity index (χ0) is 24.4. The van der Waals surface area contributed by atoms with Crippen LogP contribution < -0.4 is 5.32 Å². The number of benzene rings is 2. The van der Waals surface area contributed by atoms with Gasteiger partial charge in [-0.05, 0) is 46.9 Å². The summed E-state index contributed by atoms with van der Waals surface area (Å²) in [5.74, 6) is 3.96. The molecular formula is C28H28N2O5. The van der Waals surface area contributed by atoms with Gasteiger partial charge in [-0.15, -0.1) is 0 Å². The average Bonchev–Trinajstić information content (AvgIpc) is 3.43. The third-order valence-electron chi connectivity index (χ3n) is 7.69. The summed E-state index contributed by atoms with van der Waals surface area (Å²) >= 11 is 0. The minimum atomic E-state index is -0.838. The predicted molar refractivity (Wildman–Crippen MR) is 129 cm³/mol. The summed E-state index contributed by atoms with van der Waals surface area (Å²) in [6.45, 7) is 0.822. The van der Waals surface area contributed by atoms with Crippen LogP contribution >= 0.6 is 0 Å². The topological polar surface area (TPSA) is 95.9 Å². The molecule has 0 radical (unpaired) electrons. The normalized spacial score (nSPS) is 22.3. The predicted octanol–water partition coefficient (Wildman–Crippen LogP) is 3.63. The number of carbonyl (C=O) groups excluding carboxylic acids is 2. The molecule has 7 heteroatoms. The van der Waals surface area contributed by atoms with Crippen molar-refractivity contribution in [3.63, 3.8) is 0 Å². The van der Waals surface area contributed by atoms with Gasteiger partial charge in [-0.25, -0.2) is 4.79 Å². The van der Waals surface area contributed by atoms with Gasteiger partial charge in [-0.2, -0.15) is 0 Å². The number of carboxylic acid groups (broad SMARTS) is 1. The summed E-state index contributed by atoms with van der Waals surface area (Å²) in [4.78, 5) is 38.3. The first-order valence-corrected chi connectivity index (χ1v) is 12.1. The van der Waals surface area contributed by atoms with Crippen LogP contribution in [0.15, 0.2) is 48.5 Å². The summed E-state index contributed by atoms with van der Waals surface area (Å²) < 4.78 is 5.47. The fourth-order valence-electron chi connectivity index (χ4n) is 5.93. The quantitative estimate of drug-likeness (QED) is 0.663. The van der Waals surface area contributed by atoms with Crippen LogP contribution in [0.4, 0.5) is 4.79 Å². The van der Waals surface area contributed by atoms with Crippen molar-refractivity contribution < 1.29 is 24.2 Å². The Morgan fingerprint density at radius 3 is 2.40 bits per heavy atom. The van der Waals surface area contributed by atoms with E-state index in [0.717, 1.165) is 41.5 Å². The Morgan fingerprint density at radius 1 is 1.06 bits per heavy atom. The van der Waals surface area contributed by atoms with Crippen LogP contribution in [0.25, 0.3) is 11.1 Å². The molecule has 2 unspecified atom stereocenters. The van der Waals surface area contributed by atoms with Crippen molar-refractivity contribution in [1.29, 1.82) is 0 Å². The molecule has 2 aliphatic carbocycles. The number of carboxylic acids is 1. The van der Waals surface area contributed by atoms with E-state index < -0.39 is 23.4 Å². The number of rotatable bonds is 4. The molecule has 0 bridgehead atoms. The van der Waals surface area contributed by atoms with Crippen molar-refractivity contribution in [3.05, 3.63) is 59.7 Å². The Labute approximate surface area is 204 Å². The van der Waals surface area contributed by atoms with Crippen molar-refractivity contribution in [2.75, 3.05) is 26.2 Å². The number of hydrogen-bond acceptors (Lipinski definition) is 4. The maximum atomic E-state index is 12.5. The van der Waals surface area contributed by atoms with Gasteiger partial charge in [0.25, 0.3) is 5.91 Å². The van der Waals surface area contributed by atoms with Gasteiger partial charge in [0.15, 0.2) is 0 Å². The third-order valence-corrected chi connectivity index (χ3v) is 7.69. The van der Waals surface area contributed by atoms with E-state index in [-0.39, 0.29) is 31.5 Å². The van der Waals surface area contributed by atoms with Gasteiger partial charge < -0.3 is 20.1 Å². The van der Waals surface area contributed by atoms with Crippen molar-refractivity contribution in [1.82, 2.24) is 10.2 Å². The fraction of sp³-hybridized carbons (Fsp3) is 0.393. The van der Waals surface area contributed by atoms with E-state index in [1.807, 2.05) is 24.3 Å². The molecular weight excluding hydrogens is 444 g/mol. The van der Waals surface area contributed by atoms with E-state index in [1.54, 1.807) is 4.90 Å². The lowest BCUT2D eigenvalue weighted by molar-refractivity contribution is -0.152. The highest BCUT2D eigenvalue weighted by molar-refractivity contribution is 5.94. The maximum Gasteiger partial charge on any atom is 0.407 e. The van der Waals surface area contributed by atoms with E-state index in [1.165, 1.54) is 0 Å². The van der Waals surface area contributed by atoms with E-state index in [4.69, 9.17) is 4.74 Å². The Morgan fingerprint density at radius 2 is 1.74 bits per heavy atom. The molecule has 1 aliphatic heterocycles. The van der Waals surface area contributed by atoms with Gasteiger partial charge in [-0.1, -0.05) is 67.3 Å². The van der Waals surface area contributed by atoms with Crippen molar-refractivity contribution in [2.24, 2.45) is 11.3 Å². The lowest BCUT2D eigenvalue weighted by Crippen LogP contribution is -2.41. The zero-order valence-electron chi connectivity index (χ0n) is 19.5. The summed E-state index contributed by atoms with van der Waals surface area (Å²) in [5.41, 5.74) is 3.75. The van der Waals surface area contributed by atoms with Gasteiger partial charge in [0.1, 0.15) is 6.61 Å². The molecule has 2 aromatic carbocycles. The molecule has 3 aliphatic rings. The molecule has 2 amide bonds. The van der Waals surface area contributed by atoms with Crippen LogP contribution in [0, 0.1) is 23.2 Å². The highest BCUT2D eigenvalue weighted by Crippen LogP contribution is 2.47. The summed E-state index contributed by atoms with van der Waals surface area (Å²) in [6, 6.07) is 16.2. The number of likely N-dealkylation sites (tertiary alicyclic amines) is 1. The second kappa shape index (κ2) is 9.46. The summed E-state index contributed by atoms with van der Waals surface area (Å²) in [6.07, 6.45) is 2.71. The highest BCUT2D eigenvalue weighted by atomic mass is 16.5.